The van der Waals surface area contributed by atoms with Gasteiger partial charge < -0.3 is 25.5 Å². The highest BCUT2D eigenvalue weighted by molar-refractivity contribution is 7.09. The maximum atomic E-state index is 13.9. The first kappa shape index (κ1) is 32.6. The summed E-state index contributed by atoms with van der Waals surface area (Å²) in [6.45, 7) is 3.39. The number of aryl methyl sites for hydroxylation is 1. The molecule has 1 saturated heterocycles. The first-order valence-corrected chi connectivity index (χ1v) is 16.5. The van der Waals surface area contributed by atoms with E-state index in [9.17, 15) is 14.7 Å². The molecule has 4 aromatic rings. The number of aliphatic hydroxyl groups excluding tert-OH is 1. The lowest BCUT2D eigenvalue weighted by molar-refractivity contribution is 0.0735. The lowest BCUT2D eigenvalue weighted by Gasteiger charge is -2.26. The minimum Gasteiger partial charge on any atom is -0.390 e. The van der Waals surface area contributed by atoms with Gasteiger partial charge in [0.25, 0.3) is 11.8 Å². The van der Waals surface area contributed by atoms with Crippen LogP contribution in [0.4, 0.5) is 5.69 Å². The van der Waals surface area contributed by atoms with E-state index in [4.69, 9.17) is 11.6 Å². The Hall–Kier alpha value is -3.76. The van der Waals surface area contributed by atoms with Gasteiger partial charge in [0.05, 0.1) is 18.2 Å². The number of anilines is 1. The second kappa shape index (κ2) is 15.0. The van der Waals surface area contributed by atoms with Crippen molar-refractivity contribution in [2.24, 2.45) is 0 Å². The van der Waals surface area contributed by atoms with Gasteiger partial charge in [0.2, 0.25) is 0 Å². The first-order valence-electron chi connectivity index (χ1n) is 15.2. The Morgan fingerprint density at radius 2 is 1.82 bits per heavy atom. The fourth-order valence-corrected chi connectivity index (χ4v) is 6.79. The van der Waals surface area contributed by atoms with Crippen molar-refractivity contribution >= 4 is 40.4 Å². The van der Waals surface area contributed by atoms with E-state index in [1.165, 1.54) is 0 Å². The number of benzene rings is 3. The number of halogens is 1. The summed E-state index contributed by atoms with van der Waals surface area (Å²) in [5, 5.41) is 21.3. The Kier molecular flexibility index (Phi) is 10.9. The van der Waals surface area contributed by atoms with Crippen molar-refractivity contribution in [3.8, 4) is 0 Å². The molecule has 2 amide bonds. The number of hydrogen-bond donors (Lipinski definition) is 3. The summed E-state index contributed by atoms with van der Waals surface area (Å²) in [5.41, 5.74) is 4.51. The smallest absolute Gasteiger partial charge is 0.254 e. The van der Waals surface area contributed by atoms with Gasteiger partial charge in [-0.25, -0.2) is 4.98 Å². The van der Waals surface area contributed by atoms with E-state index >= 15 is 0 Å². The Balaban J connectivity index is 1.35. The van der Waals surface area contributed by atoms with E-state index in [-0.39, 0.29) is 24.4 Å². The van der Waals surface area contributed by atoms with Crippen molar-refractivity contribution in [3.05, 3.63) is 116 Å². The average molecular weight is 646 g/mol. The number of nitrogens with one attached hydrogen (secondary N) is 2. The lowest BCUT2D eigenvalue weighted by atomic mass is 9.99. The molecule has 1 aromatic heterocycles. The summed E-state index contributed by atoms with van der Waals surface area (Å²) in [7, 11) is 3.77. The van der Waals surface area contributed by atoms with E-state index < -0.39 is 12.1 Å². The maximum absolute atomic E-state index is 13.9. The van der Waals surface area contributed by atoms with E-state index in [2.05, 4.69) is 15.6 Å². The predicted octanol–water partition coefficient (Wildman–Crippen LogP) is 5.64. The Labute approximate surface area is 274 Å². The van der Waals surface area contributed by atoms with E-state index in [1.54, 1.807) is 23.5 Å². The standard InChI is InChI=1S/C35H40ClN5O3S/c1-23-22-45-34(38-23)31-13-8-14-41(31)35(44)27-17-26(18-29(19-27)40(2)3)33(43)39-30(16-24-9-5-4-6-10-24)32(42)21-37-20-25-11-7-12-28(36)15-25/h4-7,9-12,15,17-19,22,30-32,37,42H,8,13-14,16,20-21H2,1-3H3,(H,39,43)/t30-,31+,32-/m0/s1. The Morgan fingerprint density at radius 3 is 2.53 bits per heavy atom. The molecule has 10 heteroatoms. The van der Waals surface area contributed by atoms with Crippen LogP contribution in [0, 0.1) is 6.92 Å². The van der Waals surface area contributed by atoms with Crippen molar-refractivity contribution < 1.29 is 14.7 Å². The second-order valence-corrected chi connectivity index (χ2v) is 13.1. The summed E-state index contributed by atoms with van der Waals surface area (Å²) >= 11 is 7.70. The van der Waals surface area contributed by atoms with Crippen molar-refractivity contribution in [2.75, 3.05) is 32.1 Å². The fourth-order valence-electron chi connectivity index (χ4n) is 5.64. The predicted molar refractivity (Wildman–Crippen MR) is 181 cm³/mol. The van der Waals surface area contributed by atoms with Crippen LogP contribution in [0.3, 0.4) is 0 Å². The molecule has 0 unspecified atom stereocenters. The van der Waals surface area contributed by atoms with Gasteiger partial charge in [0.15, 0.2) is 0 Å². The van der Waals surface area contributed by atoms with Gasteiger partial charge >= 0.3 is 0 Å². The molecule has 5 rings (SSSR count). The minimum atomic E-state index is -0.876. The monoisotopic (exact) mass is 645 g/mol. The summed E-state index contributed by atoms with van der Waals surface area (Å²) in [6, 6.07) is 21.9. The zero-order valence-electron chi connectivity index (χ0n) is 25.9. The van der Waals surface area contributed by atoms with Gasteiger partial charge in [-0.2, -0.15) is 0 Å². The van der Waals surface area contributed by atoms with Gasteiger partial charge in [-0.15, -0.1) is 11.3 Å². The fraction of sp³-hybridized carbons (Fsp3) is 0.343. The molecule has 1 fully saturated rings. The molecule has 0 spiro atoms. The van der Waals surface area contributed by atoms with E-state index in [1.807, 2.05) is 96.9 Å². The average Bonchev–Trinajstić information content (AvgIpc) is 3.69. The molecule has 0 saturated carbocycles. The number of carbonyl (C=O) groups excluding carboxylic acids is 2. The van der Waals surface area contributed by atoms with Crippen LogP contribution in [0.1, 0.15) is 61.4 Å². The maximum Gasteiger partial charge on any atom is 0.254 e. The van der Waals surface area contributed by atoms with Crippen molar-refractivity contribution in [1.29, 1.82) is 0 Å². The number of thiazole rings is 1. The number of hydrogen-bond acceptors (Lipinski definition) is 7. The molecule has 3 atom stereocenters. The molecule has 0 aliphatic carbocycles. The summed E-state index contributed by atoms with van der Waals surface area (Å²) in [4.78, 5) is 36.2. The Morgan fingerprint density at radius 1 is 1.07 bits per heavy atom. The van der Waals surface area contributed by atoms with E-state index in [0.717, 1.165) is 40.4 Å². The van der Waals surface area contributed by atoms with Crippen LogP contribution < -0.4 is 15.5 Å². The molecule has 8 nitrogen and oxygen atoms in total. The minimum absolute atomic E-state index is 0.0682. The third-order valence-corrected chi connectivity index (χ3v) is 9.33. The SMILES string of the molecule is Cc1csc([C@H]2CCCN2C(=O)c2cc(C(=O)N[C@@H](Cc3ccccc3)[C@@H](O)CNCc3cccc(Cl)c3)cc(N(C)C)c2)n1. The highest BCUT2D eigenvalue weighted by Crippen LogP contribution is 2.35. The van der Waals surface area contributed by atoms with Gasteiger partial charge in [0.1, 0.15) is 5.01 Å². The zero-order chi connectivity index (χ0) is 31.9. The molecule has 2 heterocycles. The molecule has 236 valence electrons. The van der Waals surface area contributed by atoms with Crippen LogP contribution >= 0.6 is 22.9 Å². The van der Waals surface area contributed by atoms with Crippen LogP contribution in [-0.2, 0) is 13.0 Å². The Bertz CT molecular complexity index is 1610. The molecule has 0 radical (unpaired) electrons. The number of nitrogens with zero attached hydrogens (tertiary/aromatic N) is 3. The van der Waals surface area contributed by atoms with Crippen molar-refractivity contribution in [1.82, 2.24) is 20.5 Å². The molecular weight excluding hydrogens is 606 g/mol. The van der Waals surface area contributed by atoms with Crippen LogP contribution in [0.15, 0.2) is 78.2 Å². The van der Waals surface area contributed by atoms with Gasteiger partial charge in [-0.05, 0) is 67.6 Å². The third-order valence-electron chi connectivity index (χ3n) is 8.03. The van der Waals surface area contributed by atoms with Crippen LogP contribution in [0.5, 0.6) is 0 Å². The quantitative estimate of drug-likeness (QED) is 0.185. The third kappa shape index (κ3) is 8.49. The molecule has 1 aliphatic heterocycles. The van der Waals surface area contributed by atoms with Crippen LogP contribution in [0.2, 0.25) is 5.02 Å². The van der Waals surface area contributed by atoms with E-state index in [0.29, 0.717) is 35.7 Å². The number of aliphatic hydroxyl groups is 1. The van der Waals surface area contributed by atoms with Crippen molar-refractivity contribution in [2.45, 2.75) is 50.9 Å². The number of rotatable bonds is 12. The van der Waals surface area contributed by atoms with Gasteiger partial charge in [-0.1, -0.05) is 54.1 Å². The number of aromatic nitrogens is 1. The molecule has 0 bridgehead atoms. The van der Waals surface area contributed by atoms with Crippen molar-refractivity contribution in [3.63, 3.8) is 0 Å². The van der Waals surface area contributed by atoms with Crippen LogP contribution in [-0.4, -0.2) is 66.1 Å². The highest BCUT2D eigenvalue weighted by atomic mass is 35.5. The van der Waals surface area contributed by atoms with Gasteiger partial charge in [0, 0.05) is 66.6 Å². The van der Waals surface area contributed by atoms with Crippen LogP contribution in [0.25, 0.3) is 0 Å². The molecule has 3 aromatic carbocycles. The highest BCUT2D eigenvalue weighted by Gasteiger charge is 2.33. The summed E-state index contributed by atoms with van der Waals surface area (Å²) in [5.74, 6) is -0.467. The zero-order valence-corrected chi connectivity index (χ0v) is 27.4. The first-order chi connectivity index (χ1) is 21.7. The number of amides is 2. The molecule has 45 heavy (non-hydrogen) atoms. The largest absolute Gasteiger partial charge is 0.390 e. The molecular formula is C35H40ClN5O3S. The second-order valence-electron chi connectivity index (χ2n) is 11.7. The molecule has 1 aliphatic rings. The number of carbonyl (C=O) groups is 2. The normalized spacial score (nSPS) is 15.9. The molecule has 3 N–H and O–H groups in total. The topological polar surface area (TPSA) is 97.8 Å². The lowest BCUT2D eigenvalue weighted by Crippen LogP contribution is -2.48. The number of likely N-dealkylation sites (tertiary alicyclic amines) is 1. The van der Waals surface area contributed by atoms with Gasteiger partial charge in [-0.3, -0.25) is 9.59 Å². The summed E-state index contributed by atoms with van der Waals surface area (Å²) in [6.07, 6.45) is 1.33. The summed E-state index contributed by atoms with van der Waals surface area (Å²) < 4.78 is 0.